The molecular weight excluding hydrogens is 218 g/mol. The van der Waals surface area contributed by atoms with Gasteiger partial charge in [-0.15, -0.1) is 0 Å². The van der Waals surface area contributed by atoms with Crippen LogP contribution in [0.1, 0.15) is 11.8 Å². The van der Waals surface area contributed by atoms with E-state index >= 15 is 0 Å². The largest absolute Gasteiger partial charge is 0.382 e. The van der Waals surface area contributed by atoms with Gasteiger partial charge in [-0.25, -0.2) is 17.6 Å². The number of azide groups is 1. The van der Waals surface area contributed by atoms with E-state index in [0.29, 0.717) is 0 Å². The van der Waals surface area contributed by atoms with Gasteiger partial charge in [0.25, 0.3) is 0 Å². The van der Waals surface area contributed by atoms with Crippen LogP contribution >= 0.6 is 0 Å². The Bertz CT molecular complexity index is 444. The van der Waals surface area contributed by atoms with E-state index in [-0.39, 0.29) is 6.07 Å². The minimum Gasteiger partial charge on any atom is -0.382 e. The number of nitrogens with zero attached hydrogens (tertiary/aromatic N) is 3. The van der Waals surface area contributed by atoms with E-state index in [1.54, 1.807) is 0 Å². The topological polar surface area (TPSA) is 69.0 Å². The van der Waals surface area contributed by atoms with E-state index in [9.17, 15) is 17.6 Å². The monoisotopic (exact) mass is 221 g/mol. The number of benzene rings is 1. The highest BCUT2D eigenvalue weighted by molar-refractivity contribution is 5.23. The normalized spacial score (nSPS) is 12.1. The van der Waals surface area contributed by atoms with Crippen LogP contribution in [0.25, 0.3) is 10.4 Å². The summed E-state index contributed by atoms with van der Waals surface area (Å²) in [4.78, 5) is 2.10. The van der Waals surface area contributed by atoms with Gasteiger partial charge >= 0.3 is 0 Å². The van der Waals surface area contributed by atoms with Crippen molar-refractivity contribution >= 4 is 0 Å². The number of aliphatic hydroxyl groups is 1. The van der Waals surface area contributed by atoms with E-state index in [4.69, 9.17) is 10.6 Å². The summed E-state index contributed by atoms with van der Waals surface area (Å²) in [6.07, 6.45) is -2.11. The molecule has 0 aliphatic heterocycles. The van der Waals surface area contributed by atoms with E-state index in [1.807, 2.05) is 0 Å². The third kappa shape index (κ3) is 2.00. The second kappa shape index (κ2) is 4.16. The molecule has 0 radical (unpaired) electrons. The maximum Gasteiger partial charge on any atom is 0.197 e. The highest BCUT2D eigenvalue weighted by atomic mass is 19.2. The maximum absolute atomic E-state index is 12.9. The Morgan fingerprint density at radius 2 is 1.80 bits per heavy atom. The van der Waals surface area contributed by atoms with Crippen LogP contribution in [0, 0.1) is 23.3 Å². The van der Waals surface area contributed by atoms with Crippen molar-refractivity contribution in [3.8, 4) is 0 Å². The molecule has 0 saturated carbocycles. The molecule has 0 heterocycles. The van der Waals surface area contributed by atoms with Gasteiger partial charge in [-0.3, -0.25) is 0 Å². The Balaban J connectivity index is 3.37. The molecule has 1 N–H and O–H groups in total. The van der Waals surface area contributed by atoms with Crippen LogP contribution in [-0.2, 0) is 0 Å². The van der Waals surface area contributed by atoms with Gasteiger partial charge in [-0.1, -0.05) is 5.11 Å². The zero-order valence-electron chi connectivity index (χ0n) is 6.96. The molecule has 0 aliphatic rings. The molecule has 1 unspecified atom stereocenters. The van der Waals surface area contributed by atoms with Crippen LogP contribution in [-0.4, -0.2) is 5.11 Å². The average molecular weight is 221 g/mol. The second-order valence-corrected chi connectivity index (χ2v) is 2.47. The van der Waals surface area contributed by atoms with Gasteiger partial charge in [0.05, 0.1) is 0 Å². The van der Waals surface area contributed by atoms with Crippen molar-refractivity contribution < 1.29 is 22.7 Å². The van der Waals surface area contributed by atoms with E-state index < -0.39 is 35.1 Å². The first kappa shape index (κ1) is 11.3. The molecule has 0 fully saturated rings. The van der Waals surface area contributed by atoms with Crippen molar-refractivity contribution in [1.29, 1.82) is 0 Å². The summed E-state index contributed by atoms with van der Waals surface area (Å²) >= 11 is 0. The third-order valence-corrected chi connectivity index (χ3v) is 1.57. The molecule has 0 bridgehead atoms. The maximum atomic E-state index is 12.9. The summed E-state index contributed by atoms with van der Waals surface area (Å²) in [7, 11) is 0. The quantitative estimate of drug-likeness (QED) is 0.204. The Morgan fingerprint density at radius 1 is 1.20 bits per heavy atom. The molecule has 4 nitrogen and oxygen atoms in total. The highest BCUT2D eigenvalue weighted by Gasteiger charge is 2.22. The molecule has 8 heteroatoms. The highest BCUT2D eigenvalue weighted by Crippen LogP contribution is 2.24. The van der Waals surface area contributed by atoms with Crippen molar-refractivity contribution in [2.75, 3.05) is 0 Å². The molecule has 0 spiro atoms. The molecule has 0 aromatic heterocycles. The van der Waals surface area contributed by atoms with Gasteiger partial charge in [-0.2, -0.15) is 0 Å². The molecule has 0 aliphatic carbocycles. The van der Waals surface area contributed by atoms with Gasteiger partial charge in [0.1, 0.15) is 0 Å². The van der Waals surface area contributed by atoms with E-state index in [1.165, 1.54) is 0 Å². The molecule has 0 saturated heterocycles. The first-order chi connectivity index (χ1) is 6.99. The summed E-state index contributed by atoms with van der Waals surface area (Å²) < 4.78 is 50.5. The van der Waals surface area contributed by atoms with Crippen LogP contribution in [0.2, 0.25) is 0 Å². The molecule has 1 aromatic rings. The number of halogens is 4. The van der Waals surface area contributed by atoms with Crippen LogP contribution in [0.4, 0.5) is 17.6 Å². The SMILES string of the molecule is [N-]=[N+]=NC(O)c1cc(F)c(F)c(F)c1F. The van der Waals surface area contributed by atoms with Crippen LogP contribution in [0.15, 0.2) is 11.2 Å². The van der Waals surface area contributed by atoms with Crippen LogP contribution < -0.4 is 0 Å². The Kier molecular flexibility index (Phi) is 3.13. The van der Waals surface area contributed by atoms with Crippen LogP contribution in [0.5, 0.6) is 0 Å². The van der Waals surface area contributed by atoms with Gasteiger partial charge in [0.2, 0.25) is 0 Å². The summed E-state index contributed by atoms with van der Waals surface area (Å²) in [5.41, 5.74) is 6.93. The van der Waals surface area contributed by atoms with Crippen molar-refractivity contribution in [3.05, 3.63) is 45.3 Å². The summed E-state index contributed by atoms with van der Waals surface area (Å²) in [6, 6.07) is 0.215. The van der Waals surface area contributed by atoms with Gasteiger partial charge in [-0.05, 0) is 11.6 Å². The molecule has 1 aromatic carbocycles. The number of hydrogen-bond donors (Lipinski definition) is 1. The Hall–Kier alpha value is -1.79. The lowest BCUT2D eigenvalue weighted by molar-refractivity contribution is 0.178. The number of aliphatic hydroxyl groups excluding tert-OH is 1. The van der Waals surface area contributed by atoms with E-state index in [0.717, 1.165) is 0 Å². The number of rotatable bonds is 2. The summed E-state index contributed by atoms with van der Waals surface area (Å²) in [6.45, 7) is 0. The predicted molar refractivity (Wildman–Crippen MR) is 40.4 cm³/mol. The van der Waals surface area contributed by atoms with Crippen molar-refractivity contribution in [3.63, 3.8) is 0 Å². The van der Waals surface area contributed by atoms with Crippen molar-refractivity contribution in [2.24, 2.45) is 5.11 Å². The first-order valence-electron chi connectivity index (χ1n) is 3.54. The van der Waals surface area contributed by atoms with E-state index in [2.05, 4.69) is 10.0 Å². The fraction of sp³-hybridized carbons (Fsp3) is 0.143. The molecule has 1 atom stereocenters. The molecule has 80 valence electrons. The smallest absolute Gasteiger partial charge is 0.197 e. The Labute approximate surface area is 80.4 Å². The molecule has 1 rings (SSSR count). The summed E-state index contributed by atoms with van der Waals surface area (Å²) in [5.74, 6) is -7.55. The number of hydrogen-bond acceptors (Lipinski definition) is 2. The van der Waals surface area contributed by atoms with Gasteiger partial charge in [0, 0.05) is 10.5 Å². The lowest BCUT2D eigenvalue weighted by atomic mass is 10.1. The van der Waals surface area contributed by atoms with Crippen molar-refractivity contribution in [1.82, 2.24) is 0 Å². The fourth-order valence-electron chi connectivity index (χ4n) is 0.890. The zero-order chi connectivity index (χ0) is 11.6. The second-order valence-electron chi connectivity index (χ2n) is 2.47. The minimum absolute atomic E-state index is 0.215. The Morgan fingerprint density at radius 3 is 2.33 bits per heavy atom. The lowest BCUT2D eigenvalue weighted by Crippen LogP contribution is -2.04. The van der Waals surface area contributed by atoms with Gasteiger partial charge < -0.3 is 5.11 Å². The summed E-state index contributed by atoms with van der Waals surface area (Å²) in [5, 5.41) is 11.5. The first-order valence-corrected chi connectivity index (χ1v) is 3.54. The van der Waals surface area contributed by atoms with Crippen LogP contribution in [0.3, 0.4) is 0 Å². The fourth-order valence-corrected chi connectivity index (χ4v) is 0.890. The molecule has 0 amide bonds. The average Bonchev–Trinajstić information content (AvgIpc) is 2.20. The zero-order valence-corrected chi connectivity index (χ0v) is 6.96. The van der Waals surface area contributed by atoms with Crippen molar-refractivity contribution in [2.45, 2.75) is 6.23 Å². The minimum atomic E-state index is -2.11. The lowest BCUT2D eigenvalue weighted by Gasteiger charge is -2.07. The standard InChI is InChI=1S/C7H3F4N3O/c8-3-1-2(7(15)13-14-12)4(9)6(11)5(3)10/h1,7,15H. The third-order valence-electron chi connectivity index (χ3n) is 1.57. The molecular formula is C7H3F4N3O. The predicted octanol–water partition coefficient (Wildman–Crippen LogP) is 2.54. The van der Waals surface area contributed by atoms with Gasteiger partial charge in [0.15, 0.2) is 29.5 Å². The molecule has 15 heavy (non-hydrogen) atoms.